The van der Waals surface area contributed by atoms with Crippen LogP contribution in [0.5, 0.6) is 5.75 Å². The molecule has 1 N–H and O–H groups in total. The van der Waals surface area contributed by atoms with Crippen molar-refractivity contribution in [3.8, 4) is 5.75 Å². The van der Waals surface area contributed by atoms with Gasteiger partial charge in [0.1, 0.15) is 17.8 Å². The van der Waals surface area contributed by atoms with Crippen molar-refractivity contribution in [3.05, 3.63) is 48.0 Å². The molecule has 7 nitrogen and oxygen atoms in total. The molecule has 120 valence electrons. The number of ether oxygens (including phenoxy) is 1. The van der Waals surface area contributed by atoms with Crippen LogP contribution in [0.1, 0.15) is 17.3 Å². The Hall–Kier alpha value is -3.22. The molecule has 0 aliphatic carbocycles. The van der Waals surface area contributed by atoms with Crippen LogP contribution in [0.15, 0.2) is 42.5 Å². The van der Waals surface area contributed by atoms with Crippen molar-refractivity contribution in [2.24, 2.45) is 0 Å². The SMILES string of the molecule is C[C@@H]1Oc2ccc(C(=O)Cn3nnc4ccccc43)cc2NC1=O. The number of nitrogens with zero attached hydrogens (tertiary/aromatic N) is 3. The van der Waals surface area contributed by atoms with E-state index in [-0.39, 0.29) is 18.2 Å². The summed E-state index contributed by atoms with van der Waals surface area (Å²) >= 11 is 0. The number of carbonyl (C=O) groups is 2. The molecule has 2 heterocycles. The molecule has 0 saturated heterocycles. The standard InChI is InChI=1S/C17H14N4O3/c1-10-17(23)18-13-8-11(6-7-16(13)24-10)15(22)9-21-14-5-3-2-4-12(14)19-20-21/h2-8,10H,9H2,1H3,(H,18,23)/t10-/m0/s1. The van der Waals surface area contributed by atoms with Crippen molar-refractivity contribution < 1.29 is 14.3 Å². The van der Waals surface area contributed by atoms with E-state index in [4.69, 9.17) is 4.74 Å². The molecule has 1 aromatic heterocycles. The van der Waals surface area contributed by atoms with E-state index in [0.717, 1.165) is 11.0 Å². The summed E-state index contributed by atoms with van der Waals surface area (Å²) in [6.45, 7) is 1.75. The summed E-state index contributed by atoms with van der Waals surface area (Å²) in [6.07, 6.45) is -0.541. The first-order valence-electron chi connectivity index (χ1n) is 7.55. The highest BCUT2D eigenvalue weighted by atomic mass is 16.5. The molecule has 0 radical (unpaired) electrons. The Labute approximate surface area is 137 Å². The van der Waals surface area contributed by atoms with Gasteiger partial charge in [0, 0.05) is 5.56 Å². The molecule has 0 fully saturated rings. The number of anilines is 1. The predicted octanol–water partition coefficient (Wildman–Crippen LogP) is 2.03. The lowest BCUT2D eigenvalue weighted by Crippen LogP contribution is -2.34. The molecular weight excluding hydrogens is 308 g/mol. The summed E-state index contributed by atoms with van der Waals surface area (Å²) < 4.78 is 7.06. The minimum atomic E-state index is -0.541. The van der Waals surface area contributed by atoms with Crippen molar-refractivity contribution >= 4 is 28.4 Å². The Balaban J connectivity index is 1.61. The lowest BCUT2D eigenvalue weighted by atomic mass is 10.1. The molecule has 4 rings (SSSR count). The van der Waals surface area contributed by atoms with E-state index in [1.807, 2.05) is 24.3 Å². The van der Waals surface area contributed by atoms with Crippen molar-refractivity contribution in [1.82, 2.24) is 15.0 Å². The van der Waals surface area contributed by atoms with E-state index in [9.17, 15) is 9.59 Å². The van der Waals surface area contributed by atoms with E-state index < -0.39 is 6.10 Å². The van der Waals surface area contributed by atoms with Gasteiger partial charge < -0.3 is 10.1 Å². The summed E-state index contributed by atoms with van der Waals surface area (Å²) in [5.41, 5.74) is 2.53. The number of hydrogen-bond donors (Lipinski definition) is 1. The van der Waals surface area contributed by atoms with Crippen LogP contribution in [0.4, 0.5) is 5.69 Å². The van der Waals surface area contributed by atoms with Gasteiger partial charge >= 0.3 is 0 Å². The van der Waals surface area contributed by atoms with Gasteiger partial charge in [0.2, 0.25) is 0 Å². The Morgan fingerprint density at radius 1 is 1.29 bits per heavy atom. The Kier molecular flexibility index (Phi) is 3.26. The third kappa shape index (κ3) is 2.40. The minimum Gasteiger partial charge on any atom is -0.479 e. The van der Waals surface area contributed by atoms with Gasteiger partial charge in [0.15, 0.2) is 11.9 Å². The number of aromatic nitrogens is 3. The zero-order valence-corrected chi connectivity index (χ0v) is 12.9. The van der Waals surface area contributed by atoms with Crippen molar-refractivity contribution in [2.45, 2.75) is 19.6 Å². The second-order valence-corrected chi connectivity index (χ2v) is 5.62. The van der Waals surface area contributed by atoms with E-state index in [1.165, 1.54) is 0 Å². The largest absolute Gasteiger partial charge is 0.479 e. The smallest absolute Gasteiger partial charge is 0.265 e. The van der Waals surface area contributed by atoms with Gasteiger partial charge in [0.05, 0.1) is 11.2 Å². The molecule has 0 bridgehead atoms. The lowest BCUT2D eigenvalue weighted by Gasteiger charge is -2.23. The summed E-state index contributed by atoms with van der Waals surface area (Å²) in [4.78, 5) is 24.2. The first-order valence-corrected chi connectivity index (χ1v) is 7.55. The Bertz CT molecular complexity index is 963. The maximum Gasteiger partial charge on any atom is 0.265 e. The molecule has 3 aromatic rings. The van der Waals surface area contributed by atoms with Crippen molar-refractivity contribution in [1.29, 1.82) is 0 Å². The van der Waals surface area contributed by atoms with Gasteiger partial charge in [-0.05, 0) is 37.3 Å². The number of amides is 1. The summed E-state index contributed by atoms with van der Waals surface area (Å²) in [5, 5.41) is 10.8. The molecule has 0 unspecified atom stereocenters. The van der Waals surface area contributed by atoms with Crippen LogP contribution in [0.25, 0.3) is 11.0 Å². The molecule has 1 aliphatic rings. The number of hydrogen-bond acceptors (Lipinski definition) is 5. The molecular formula is C17H14N4O3. The van der Waals surface area contributed by atoms with Crippen LogP contribution < -0.4 is 10.1 Å². The normalized spacial score (nSPS) is 16.4. The minimum absolute atomic E-state index is 0.0739. The van der Waals surface area contributed by atoms with Gasteiger partial charge in [-0.15, -0.1) is 5.10 Å². The van der Waals surface area contributed by atoms with Crippen LogP contribution in [0.3, 0.4) is 0 Å². The van der Waals surface area contributed by atoms with Gasteiger partial charge in [-0.25, -0.2) is 4.68 Å². The molecule has 7 heteroatoms. The van der Waals surface area contributed by atoms with Gasteiger partial charge in [-0.2, -0.15) is 0 Å². The molecule has 0 spiro atoms. The van der Waals surface area contributed by atoms with E-state index >= 15 is 0 Å². The average Bonchev–Trinajstić information content (AvgIpc) is 2.99. The zero-order chi connectivity index (χ0) is 16.7. The number of nitrogens with one attached hydrogen (secondary N) is 1. The number of Topliss-reactive ketones (excluding diaryl/α,β-unsaturated/α-hetero) is 1. The topological polar surface area (TPSA) is 86.1 Å². The highest BCUT2D eigenvalue weighted by Crippen LogP contribution is 2.30. The molecule has 0 saturated carbocycles. The monoisotopic (exact) mass is 322 g/mol. The van der Waals surface area contributed by atoms with Crippen LogP contribution in [0, 0.1) is 0 Å². The van der Waals surface area contributed by atoms with Crippen LogP contribution in [-0.4, -0.2) is 32.8 Å². The third-order valence-electron chi connectivity index (χ3n) is 3.95. The highest BCUT2D eigenvalue weighted by molar-refractivity contribution is 6.01. The van der Waals surface area contributed by atoms with E-state index in [1.54, 1.807) is 29.8 Å². The number of fused-ring (bicyclic) bond motifs is 2. The van der Waals surface area contributed by atoms with Crippen molar-refractivity contribution in [2.75, 3.05) is 5.32 Å². The van der Waals surface area contributed by atoms with Crippen molar-refractivity contribution in [3.63, 3.8) is 0 Å². The predicted molar refractivity (Wildman–Crippen MR) is 87.0 cm³/mol. The van der Waals surface area contributed by atoms with E-state index in [2.05, 4.69) is 15.6 Å². The third-order valence-corrected chi connectivity index (χ3v) is 3.95. The molecule has 1 aliphatic heterocycles. The number of rotatable bonds is 3. The van der Waals surface area contributed by atoms with Crippen LogP contribution >= 0.6 is 0 Å². The fourth-order valence-electron chi connectivity index (χ4n) is 2.64. The summed E-state index contributed by atoms with van der Waals surface area (Å²) in [5.74, 6) is 0.209. The lowest BCUT2D eigenvalue weighted by molar-refractivity contribution is -0.122. The highest BCUT2D eigenvalue weighted by Gasteiger charge is 2.24. The van der Waals surface area contributed by atoms with Crippen LogP contribution in [-0.2, 0) is 11.3 Å². The number of carbonyl (C=O) groups excluding carboxylic acids is 2. The second-order valence-electron chi connectivity index (χ2n) is 5.62. The molecule has 24 heavy (non-hydrogen) atoms. The number of ketones is 1. The first kappa shape index (κ1) is 14.4. The fourth-order valence-corrected chi connectivity index (χ4v) is 2.64. The number of para-hydroxylation sites is 1. The molecule has 1 amide bonds. The van der Waals surface area contributed by atoms with E-state index in [0.29, 0.717) is 17.0 Å². The van der Waals surface area contributed by atoms with Gasteiger partial charge in [-0.3, -0.25) is 9.59 Å². The molecule has 2 aromatic carbocycles. The molecule has 1 atom stereocenters. The first-order chi connectivity index (χ1) is 11.6. The zero-order valence-electron chi connectivity index (χ0n) is 12.9. The maximum atomic E-state index is 12.5. The number of benzene rings is 2. The fraction of sp³-hybridized carbons (Fsp3) is 0.176. The van der Waals surface area contributed by atoms with Gasteiger partial charge in [-0.1, -0.05) is 17.3 Å². The second kappa shape index (κ2) is 5.45. The Morgan fingerprint density at radius 2 is 2.12 bits per heavy atom. The van der Waals surface area contributed by atoms with Crippen LogP contribution in [0.2, 0.25) is 0 Å². The summed E-state index contributed by atoms with van der Waals surface area (Å²) in [6, 6.07) is 12.5. The average molecular weight is 322 g/mol. The summed E-state index contributed by atoms with van der Waals surface area (Å²) in [7, 11) is 0. The maximum absolute atomic E-state index is 12.5. The van der Waals surface area contributed by atoms with Gasteiger partial charge in [0.25, 0.3) is 5.91 Å². The quantitative estimate of drug-likeness (QED) is 0.746. The Morgan fingerprint density at radius 3 is 3.00 bits per heavy atom.